The first kappa shape index (κ1) is 24.7. The van der Waals surface area contributed by atoms with Crippen LogP contribution in [0, 0.1) is 36.0 Å². The SMILES string of the molecule is Cc1ccc(N2C(=O)C3C4c5ccccc5C(C=NNC(=O)C5C6CCCCC65C)(c5ccccc54)C3C2=O)cc1. The highest BCUT2D eigenvalue weighted by molar-refractivity contribution is 6.25. The molecule has 0 spiro atoms. The molecule has 3 aromatic carbocycles. The third-order valence-electron chi connectivity index (χ3n) is 11.0. The van der Waals surface area contributed by atoms with Gasteiger partial charge in [-0.2, -0.15) is 5.10 Å². The van der Waals surface area contributed by atoms with Crippen LogP contribution >= 0.6 is 0 Å². The number of fused-ring (bicyclic) bond motifs is 1. The van der Waals surface area contributed by atoms with Gasteiger partial charge in [-0.3, -0.25) is 14.4 Å². The van der Waals surface area contributed by atoms with Gasteiger partial charge in [0.15, 0.2) is 0 Å². The number of nitrogens with zero attached hydrogens (tertiary/aromatic N) is 2. The van der Waals surface area contributed by atoms with Crippen molar-refractivity contribution < 1.29 is 14.4 Å². The van der Waals surface area contributed by atoms with Crippen LogP contribution in [0.2, 0.25) is 0 Å². The average Bonchev–Trinajstić information content (AvgIpc) is 3.54. The molecule has 3 aromatic rings. The van der Waals surface area contributed by atoms with E-state index in [-0.39, 0.29) is 35.0 Å². The molecule has 206 valence electrons. The molecular formula is C35H33N3O3. The van der Waals surface area contributed by atoms with Crippen LogP contribution in [0.3, 0.4) is 0 Å². The van der Waals surface area contributed by atoms with E-state index in [1.54, 1.807) is 6.21 Å². The minimum Gasteiger partial charge on any atom is -0.274 e. The summed E-state index contributed by atoms with van der Waals surface area (Å²) in [6.45, 7) is 4.22. The molecule has 1 saturated heterocycles. The van der Waals surface area contributed by atoms with E-state index in [9.17, 15) is 14.4 Å². The van der Waals surface area contributed by atoms with Crippen molar-refractivity contribution in [2.75, 3.05) is 4.90 Å². The Morgan fingerprint density at radius 1 is 0.927 bits per heavy atom. The monoisotopic (exact) mass is 543 g/mol. The zero-order valence-electron chi connectivity index (χ0n) is 23.3. The zero-order chi connectivity index (χ0) is 28.1. The van der Waals surface area contributed by atoms with Gasteiger partial charge in [0.2, 0.25) is 17.7 Å². The summed E-state index contributed by atoms with van der Waals surface area (Å²) in [7, 11) is 0. The van der Waals surface area contributed by atoms with Crippen LogP contribution in [0.4, 0.5) is 5.69 Å². The van der Waals surface area contributed by atoms with Gasteiger partial charge in [0.05, 0.1) is 22.9 Å². The van der Waals surface area contributed by atoms with Crippen molar-refractivity contribution in [1.29, 1.82) is 0 Å². The largest absolute Gasteiger partial charge is 0.274 e. The van der Waals surface area contributed by atoms with Gasteiger partial charge >= 0.3 is 0 Å². The predicted octanol–water partition coefficient (Wildman–Crippen LogP) is 5.47. The van der Waals surface area contributed by atoms with Crippen molar-refractivity contribution in [3.05, 3.63) is 101 Å². The zero-order valence-corrected chi connectivity index (χ0v) is 23.3. The molecule has 2 bridgehead atoms. The Balaban J connectivity index is 1.25. The van der Waals surface area contributed by atoms with Gasteiger partial charge in [0.1, 0.15) is 0 Å². The van der Waals surface area contributed by atoms with Crippen molar-refractivity contribution >= 4 is 29.6 Å². The maximum atomic E-state index is 14.4. The summed E-state index contributed by atoms with van der Waals surface area (Å²) in [6.07, 6.45) is 6.31. The number of anilines is 1. The van der Waals surface area contributed by atoms with Gasteiger partial charge in [-0.15, -0.1) is 0 Å². The second-order valence-corrected chi connectivity index (χ2v) is 12.9. The minimum atomic E-state index is -0.980. The first-order valence-electron chi connectivity index (χ1n) is 14.9. The van der Waals surface area contributed by atoms with Gasteiger partial charge in [-0.05, 0) is 65.5 Å². The molecule has 1 heterocycles. The van der Waals surface area contributed by atoms with Gasteiger partial charge in [0, 0.05) is 18.1 Å². The first-order valence-corrected chi connectivity index (χ1v) is 14.9. The summed E-state index contributed by atoms with van der Waals surface area (Å²) in [5, 5.41) is 4.63. The van der Waals surface area contributed by atoms with E-state index >= 15 is 0 Å². The molecule has 0 aromatic heterocycles. The van der Waals surface area contributed by atoms with E-state index < -0.39 is 17.3 Å². The molecule has 0 radical (unpaired) electrons. The molecule has 1 N–H and O–H groups in total. The van der Waals surface area contributed by atoms with E-state index in [1.165, 1.54) is 17.7 Å². The van der Waals surface area contributed by atoms with Crippen molar-refractivity contribution in [2.45, 2.75) is 50.9 Å². The van der Waals surface area contributed by atoms with Crippen LogP contribution in [-0.4, -0.2) is 23.9 Å². The van der Waals surface area contributed by atoms with E-state index in [0.29, 0.717) is 11.6 Å². The van der Waals surface area contributed by atoms with Gasteiger partial charge in [-0.1, -0.05) is 86.0 Å². The number of rotatable bonds is 4. The van der Waals surface area contributed by atoms with Crippen LogP contribution < -0.4 is 10.3 Å². The van der Waals surface area contributed by atoms with Crippen LogP contribution in [0.5, 0.6) is 0 Å². The minimum absolute atomic E-state index is 0.0132. The fourth-order valence-corrected chi connectivity index (χ4v) is 9.12. The molecule has 6 heteroatoms. The van der Waals surface area contributed by atoms with Crippen molar-refractivity contribution in [3.8, 4) is 0 Å². The summed E-state index contributed by atoms with van der Waals surface area (Å²) in [4.78, 5) is 43.4. The smallest absolute Gasteiger partial charge is 0.244 e. The van der Waals surface area contributed by atoms with Crippen LogP contribution in [0.15, 0.2) is 77.9 Å². The lowest BCUT2D eigenvalue weighted by atomic mass is 9.47. The van der Waals surface area contributed by atoms with Crippen molar-refractivity contribution in [1.82, 2.24) is 5.43 Å². The lowest BCUT2D eigenvalue weighted by Gasteiger charge is -2.52. The Morgan fingerprint density at radius 3 is 2.22 bits per heavy atom. The average molecular weight is 544 g/mol. The Kier molecular flexibility index (Phi) is 5.11. The van der Waals surface area contributed by atoms with Gasteiger partial charge in [-0.25, -0.2) is 10.3 Å². The number of imide groups is 1. The van der Waals surface area contributed by atoms with Crippen LogP contribution in [-0.2, 0) is 19.8 Å². The second kappa shape index (κ2) is 8.48. The number of nitrogens with one attached hydrogen (secondary N) is 1. The summed E-state index contributed by atoms with van der Waals surface area (Å²) in [5.74, 6) is -1.44. The number of amides is 3. The number of hydrogen-bond donors (Lipinski definition) is 1. The molecule has 5 aliphatic carbocycles. The number of benzene rings is 3. The Labute approximate surface area is 239 Å². The summed E-state index contributed by atoms with van der Waals surface area (Å²) >= 11 is 0. The quantitative estimate of drug-likeness (QED) is 0.269. The third kappa shape index (κ3) is 3.13. The summed E-state index contributed by atoms with van der Waals surface area (Å²) in [6, 6.07) is 23.8. The molecule has 6 nitrogen and oxygen atoms in total. The van der Waals surface area contributed by atoms with Crippen LogP contribution in [0.1, 0.15) is 66.3 Å². The normalized spacial score (nSPS) is 34.2. The van der Waals surface area contributed by atoms with Gasteiger partial charge in [0.25, 0.3) is 0 Å². The van der Waals surface area contributed by atoms with Crippen molar-refractivity contribution in [3.63, 3.8) is 0 Å². The molecule has 41 heavy (non-hydrogen) atoms. The van der Waals surface area contributed by atoms with Gasteiger partial charge < -0.3 is 0 Å². The highest BCUT2D eigenvalue weighted by atomic mass is 16.2. The van der Waals surface area contributed by atoms with Crippen LogP contribution in [0.25, 0.3) is 0 Å². The maximum absolute atomic E-state index is 14.4. The second-order valence-electron chi connectivity index (χ2n) is 12.9. The van der Waals surface area contributed by atoms with E-state index in [0.717, 1.165) is 40.7 Å². The highest BCUT2D eigenvalue weighted by Crippen LogP contribution is 2.66. The number of carbonyl (C=O) groups is 3. The maximum Gasteiger partial charge on any atom is 0.244 e. The molecule has 9 rings (SSSR count). The van der Waals surface area contributed by atoms with E-state index in [1.807, 2.05) is 55.5 Å². The molecule has 3 amide bonds. The Bertz CT molecular complexity index is 1610. The highest BCUT2D eigenvalue weighted by Gasteiger charge is 2.68. The number of hydrogen-bond acceptors (Lipinski definition) is 4. The predicted molar refractivity (Wildman–Crippen MR) is 156 cm³/mol. The van der Waals surface area contributed by atoms with E-state index in [4.69, 9.17) is 0 Å². The number of aryl methyl sites for hydroxylation is 1. The van der Waals surface area contributed by atoms with E-state index in [2.05, 4.69) is 41.7 Å². The fourth-order valence-electron chi connectivity index (χ4n) is 9.12. The molecule has 2 saturated carbocycles. The number of hydrazone groups is 1. The molecule has 5 atom stereocenters. The summed E-state index contributed by atoms with van der Waals surface area (Å²) in [5.41, 5.74) is 7.72. The molecule has 5 unspecified atom stereocenters. The standard InChI is InChI=1S/C35H33N3O3/c1-20-14-16-21(17-15-20)38-32(40)28-27-22-9-3-5-11-24(22)35(30(28)33(38)41,25-12-6-4-10-23(25)27)19-36-37-31(39)29-26-13-7-8-18-34(26,29)2/h3-6,9-12,14-17,19,26-30H,7-8,13,18H2,1-2H3,(H,37,39). The Hall–Kier alpha value is -4.06. The molecule has 6 aliphatic rings. The molecular weight excluding hydrogens is 510 g/mol. The van der Waals surface area contributed by atoms with Crippen molar-refractivity contribution in [2.24, 2.45) is 34.2 Å². The first-order chi connectivity index (χ1) is 19.9. The third-order valence-corrected chi connectivity index (χ3v) is 11.0. The molecule has 1 aliphatic heterocycles. The lowest BCUT2D eigenvalue weighted by molar-refractivity contribution is -0.124. The Morgan fingerprint density at radius 2 is 1.59 bits per heavy atom. The summed E-state index contributed by atoms with van der Waals surface area (Å²) < 4.78 is 0. The number of carbonyl (C=O) groups excluding carboxylic acids is 3. The topological polar surface area (TPSA) is 78.8 Å². The molecule has 3 fully saturated rings. The lowest BCUT2D eigenvalue weighted by Crippen LogP contribution is -2.54. The fraction of sp³-hybridized carbons (Fsp3) is 0.371.